The van der Waals surface area contributed by atoms with Gasteiger partial charge in [0.1, 0.15) is 0 Å². The van der Waals surface area contributed by atoms with Crippen molar-refractivity contribution in [3.8, 4) is 0 Å². The van der Waals surface area contributed by atoms with Gasteiger partial charge in [0.2, 0.25) is 0 Å². The number of nitrogens with two attached hydrogens (primary N) is 2. The first kappa shape index (κ1) is 9.93. The Hall–Kier alpha value is -0.610. The van der Waals surface area contributed by atoms with Crippen LogP contribution < -0.4 is 11.5 Å². The van der Waals surface area contributed by atoms with Crippen molar-refractivity contribution in [1.82, 2.24) is 0 Å². The first-order valence-electron chi connectivity index (χ1n) is 4.35. The second-order valence-electron chi connectivity index (χ2n) is 3.17. The molecular weight excluding hydrogens is 216 g/mol. The lowest BCUT2D eigenvalue weighted by Crippen LogP contribution is -2.19. The molecule has 0 aliphatic heterocycles. The third kappa shape index (κ3) is 1.77. The van der Waals surface area contributed by atoms with Gasteiger partial charge in [0, 0.05) is 21.1 Å². The Labute approximate surface area is 91.5 Å². The van der Waals surface area contributed by atoms with Crippen LogP contribution in [0.4, 0.5) is 0 Å². The minimum Gasteiger partial charge on any atom is -0.329 e. The standard InChI is InChI=1S/C10H11ClN2S/c11-7-1-2-9-6(3-7)4-10(14-9)8(13)5-12/h1-4,8H,5,12-13H2/t8-/m0/s1. The lowest BCUT2D eigenvalue weighted by atomic mass is 10.2. The molecule has 1 aromatic heterocycles. The van der Waals surface area contributed by atoms with E-state index in [1.807, 2.05) is 18.2 Å². The number of halogens is 1. The van der Waals surface area contributed by atoms with Crippen molar-refractivity contribution < 1.29 is 0 Å². The van der Waals surface area contributed by atoms with Gasteiger partial charge in [0.15, 0.2) is 0 Å². The summed E-state index contributed by atoms with van der Waals surface area (Å²) in [4.78, 5) is 1.12. The molecule has 0 spiro atoms. The monoisotopic (exact) mass is 226 g/mol. The van der Waals surface area contributed by atoms with Gasteiger partial charge in [-0.1, -0.05) is 11.6 Å². The van der Waals surface area contributed by atoms with Crippen LogP contribution in [-0.2, 0) is 0 Å². The van der Waals surface area contributed by atoms with Gasteiger partial charge >= 0.3 is 0 Å². The van der Waals surface area contributed by atoms with Crippen LogP contribution in [0.15, 0.2) is 24.3 Å². The summed E-state index contributed by atoms with van der Waals surface area (Å²) in [5.41, 5.74) is 11.4. The molecule has 0 unspecified atom stereocenters. The average Bonchev–Trinajstić information content (AvgIpc) is 2.59. The molecule has 0 aliphatic carbocycles. The molecule has 74 valence electrons. The highest BCUT2D eigenvalue weighted by Crippen LogP contribution is 2.30. The van der Waals surface area contributed by atoms with Crippen LogP contribution in [0.5, 0.6) is 0 Å². The van der Waals surface area contributed by atoms with Crippen molar-refractivity contribution in [3.63, 3.8) is 0 Å². The number of benzene rings is 1. The van der Waals surface area contributed by atoms with Crippen molar-refractivity contribution in [2.75, 3.05) is 6.54 Å². The van der Waals surface area contributed by atoms with E-state index in [2.05, 4.69) is 6.07 Å². The maximum Gasteiger partial charge on any atom is 0.0514 e. The van der Waals surface area contributed by atoms with Gasteiger partial charge in [-0.15, -0.1) is 11.3 Å². The zero-order chi connectivity index (χ0) is 10.1. The normalized spacial score (nSPS) is 13.4. The molecule has 4 N–H and O–H groups in total. The van der Waals surface area contributed by atoms with Gasteiger partial charge in [0.25, 0.3) is 0 Å². The van der Waals surface area contributed by atoms with E-state index in [1.54, 1.807) is 11.3 Å². The largest absolute Gasteiger partial charge is 0.329 e. The molecule has 0 aliphatic rings. The molecule has 2 nitrogen and oxygen atoms in total. The Bertz CT molecular complexity index is 452. The van der Waals surface area contributed by atoms with Crippen LogP contribution in [0.2, 0.25) is 5.02 Å². The predicted molar refractivity (Wildman–Crippen MR) is 62.8 cm³/mol. The Morgan fingerprint density at radius 2 is 2.14 bits per heavy atom. The van der Waals surface area contributed by atoms with Crippen molar-refractivity contribution in [2.24, 2.45) is 11.5 Å². The lowest BCUT2D eigenvalue weighted by molar-refractivity contribution is 0.752. The molecule has 0 amide bonds. The van der Waals surface area contributed by atoms with E-state index in [4.69, 9.17) is 23.1 Å². The molecule has 4 heteroatoms. The van der Waals surface area contributed by atoms with E-state index >= 15 is 0 Å². The number of fused-ring (bicyclic) bond motifs is 1. The van der Waals surface area contributed by atoms with Crippen molar-refractivity contribution in [2.45, 2.75) is 6.04 Å². The summed E-state index contributed by atoms with van der Waals surface area (Å²) in [6.07, 6.45) is 0. The summed E-state index contributed by atoms with van der Waals surface area (Å²) in [5.74, 6) is 0. The maximum absolute atomic E-state index is 5.89. The van der Waals surface area contributed by atoms with Crippen molar-refractivity contribution >= 4 is 33.0 Å². The predicted octanol–water partition coefficient (Wildman–Crippen LogP) is 2.51. The zero-order valence-corrected chi connectivity index (χ0v) is 9.11. The Kier molecular flexibility index (Phi) is 2.74. The van der Waals surface area contributed by atoms with Gasteiger partial charge in [-0.2, -0.15) is 0 Å². The highest BCUT2D eigenvalue weighted by atomic mass is 35.5. The van der Waals surface area contributed by atoms with Gasteiger partial charge < -0.3 is 11.5 Å². The molecule has 0 bridgehead atoms. The van der Waals surface area contributed by atoms with Crippen LogP contribution in [0, 0.1) is 0 Å². The van der Waals surface area contributed by atoms with E-state index in [-0.39, 0.29) is 6.04 Å². The molecule has 1 atom stereocenters. The SMILES string of the molecule is NC[C@H](N)c1cc2cc(Cl)ccc2s1. The lowest BCUT2D eigenvalue weighted by Gasteiger charge is -2.02. The molecule has 2 rings (SSSR count). The summed E-state index contributed by atoms with van der Waals surface area (Å²) >= 11 is 7.57. The topological polar surface area (TPSA) is 52.0 Å². The maximum atomic E-state index is 5.89. The Balaban J connectivity index is 2.51. The fourth-order valence-corrected chi connectivity index (χ4v) is 2.57. The van der Waals surface area contributed by atoms with E-state index in [9.17, 15) is 0 Å². The molecule has 0 saturated carbocycles. The van der Waals surface area contributed by atoms with Gasteiger partial charge in [-0.05, 0) is 29.7 Å². The van der Waals surface area contributed by atoms with Gasteiger partial charge in [-0.25, -0.2) is 0 Å². The van der Waals surface area contributed by atoms with Gasteiger partial charge in [-0.3, -0.25) is 0 Å². The van der Waals surface area contributed by atoms with E-state index in [0.29, 0.717) is 6.54 Å². The van der Waals surface area contributed by atoms with Crippen LogP contribution >= 0.6 is 22.9 Å². The summed E-state index contributed by atoms with van der Waals surface area (Å²) in [6, 6.07) is 7.84. The van der Waals surface area contributed by atoms with Gasteiger partial charge in [0.05, 0.1) is 6.04 Å². The third-order valence-electron chi connectivity index (χ3n) is 2.12. The average molecular weight is 227 g/mol. The first-order valence-corrected chi connectivity index (χ1v) is 5.55. The van der Waals surface area contributed by atoms with E-state index in [1.165, 1.54) is 4.70 Å². The van der Waals surface area contributed by atoms with Crippen LogP contribution in [0.3, 0.4) is 0 Å². The zero-order valence-electron chi connectivity index (χ0n) is 7.53. The minimum absolute atomic E-state index is 0.0637. The number of rotatable bonds is 2. The third-order valence-corrected chi connectivity index (χ3v) is 3.60. The Morgan fingerprint density at radius 1 is 1.36 bits per heavy atom. The summed E-state index contributed by atoms with van der Waals surface area (Å²) in [6.45, 7) is 0.473. The molecule has 14 heavy (non-hydrogen) atoms. The highest BCUT2D eigenvalue weighted by Gasteiger charge is 2.08. The second-order valence-corrected chi connectivity index (χ2v) is 4.72. The quantitative estimate of drug-likeness (QED) is 0.827. The number of thiophene rings is 1. The second kappa shape index (κ2) is 3.87. The highest BCUT2D eigenvalue weighted by molar-refractivity contribution is 7.19. The van der Waals surface area contributed by atoms with Crippen LogP contribution in [0.1, 0.15) is 10.9 Å². The van der Waals surface area contributed by atoms with E-state index < -0.39 is 0 Å². The number of hydrogen-bond donors (Lipinski definition) is 2. The molecule has 0 radical (unpaired) electrons. The Morgan fingerprint density at radius 3 is 2.86 bits per heavy atom. The van der Waals surface area contributed by atoms with E-state index in [0.717, 1.165) is 15.3 Å². The van der Waals surface area contributed by atoms with Crippen LogP contribution in [0.25, 0.3) is 10.1 Å². The molecule has 1 heterocycles. The van der Waals surface area contributed by atoms with Crippen molar-refractivity contribution in [1.29, 1.82) is 0 Å². The molecule has 0 fully saturated rings. The minimum atomic E-state index is -0.0637. The molecule has 1 aromatic carbocycles. The van der Waals surface area contributed by atoms with Crippen molar-refractivity contribution in [3.05, 3.63) is 34.2 Å². The fourth-order valence-electron chi connectivity index (χ4n) is 1.33. The first-order chi connectivity index (χ1) is 6.70. The molecule has 2 aromatic rings. The molecular formula is C10H11ClN2S. The smallest absolute Gasteiger partial charge is 0.0514 e. The summed E-state index contributed by atoms with van der Waals surface area (Å²) < 4.78 is 1.20. The molecule has 0 saturated heterocycles. The fraction of sp³-hybridized carbons (Fsp3) is 0.200. The summed E-state index contributed by atoms with van der Waals surface area (Å²) in [5, 5.41) is 1.89. The van der Waals surface area contributed by atoms with Crippen LogP contribution in [-0.4, -0.2) is 6.54 Å². The number of hydrogen-bond acceptors (Lipinski definition) is 3. The summed E-state index contributed by atoms with van der Waals surface area (Å²) in [7, 11) is 0.